The number of aromatic nitrogens is 2. The summed E-state index contributed by atoms with van der Waals surface area (Å²) in [6.07, 6.45) is 0.623. The number of nitrogens with one attached hydrogen (secondary N) is 1. The number of aryl methyl sites for hydroxylation is 1. The second-order valence-corrected chi connectivity index (χ2v) is 8.04. The molecule has 0 aliphatic carbocycles. The molecule has 2 aliphatic heterocycles. The molecule has 2 aromatic carbocycles. The minimum Gasteiger partial charge on any atom is -0.454 e. The van der Waals surface area contributed by atoms with Gasteiger partial charge in [0, 0.05) is 37.0 Å². The lowest BCUT2D eigenvalue weighted by atomic mass is 10.1. The van der Waals surface area contributed by atoms with Gasteiger partial charge in [0.1, 0.15) is 12.4 Å². The summed E-state index contributed by atoms with van der Waals surface area (Å²) in [4.78, 5) is 32.7. The predicted octanol–water partition coefficient (Wildman–Crippen LogP) is 2.48. The van der Waals surface area contributed by atoms with Gasteiger partial charge in [-0.05, 0) is 31.0 Å². The van der Waals surface area contributed by atoms with Gasteiger partial charge in [-0.25, -0.2) is 4.98 Å². The van der Waals surface area contributed by atoms with Gasteiger partial charge in [-0.3, -0.25) is 19.1 Å². The number of ether oxygens (including phenoxy) is 2. The number of rotatable bonds is 5. The highest BCUT2D eigenvalue weighted by atomic mass is 16.7. The van der Waals surface area contributed by atoms with E-state index in [9.17, 15) is 9.59 Å². The first-order valence-electron chi connectivity index (χ1n) is 10.6. The SMILES string of the molecule is Cc1nc2c(c(=O)n1CC(=O)Nc1ccc3c(c1)OCO3)CCN(Cc1ccccc1)C2. The maximum atomic E-state index is 13.1. The fourth-order valence-corrected chi connectivity index (χ4v) is 4.18. The van der Waals surface area contributed by atoms with Crippen LogP contribution in [0.15, 0.2) is 53.3 Å². The molecule has 1 aromatic heterocycles. The Balaban J connectivity index is 1.29. The van der Waals surface area contributed by atoms with Gasteiger partial charge in [0.05, 0.1) is 5.69 Å². The Morgan fingerprint density at radius 3 is 2.78 bits per heavy atom. The fraction of sp³-hybridized carbons (Fsp3) is 0.292. The Labute approximate surface area is 185 Å². The maximum absolute atomic E-state index is 13.1. The Morgan fingerprint density at radius 1 is 1.12 bits per heavy atom. The number of carbonyl (C=O) groups is 1. The molecule has 0 saturated heterocycles. The summed E-state index contributed by atoms with van der Waals surface area (Å²) in [7, 11) is 0. The molecule has 164 valence electrons. The molecule has 5 rings (SSSR count). The normalized spacial score (nSPS) is 14.8. The third-order valence-corrected chi connectivity index (χ3v) is 5.80. The molecule has 0 saturated carbocycles. The molecule has 32 heavy (non-hydrogen) atoms. The molecule has 0 spiro atoms. The van der Waals surface area contributed by atoms with Gasteiger partial charge >= 0.3 is 0 Å². The van der Waals surface area contributed by atoms with E-state index in [1.54, 1.807) is 25.1 Å². The Kier molecular flexibility index (Phi) is 5.36. The van der Waals surface area contributed by atoms with Crippen molar-refractivity contribution in [3.63, 3.8) is 0 Å². The van der Waals surface area contributed by atoms with Gasteiger partial charge in [0.2, 0.25) is 12.7 Å². The topological polar surface area (TPSA) is 85.7 Å². The van der Waals surface area contributed by atoms with Crippen molar-refractivity contribution in [3.05, 3.63) is 81.5 Å². The number of anilines is 1. The van der Waals surface area contributed by atoms with Crippen LogP contribution in [0.5, 0.6) is 11.5 Å². The van der Waals surface area contributed by atoms with Crippen LogP contribution in [0.1, 0.15) is 22.6 Å². The van der Waals surface area contributed by atoms with E-state index in [0.717, 1.165) is 18.8 Å². The summed E-state index contributed by atoms with van der Waals surface area (Å²) < 4.78 is 12.1. The molecule has 1 N–H and O–H groups in total. The van der Waals surface area contributed by atoms with Crippen LogP contribution >= 0.6 is 0 Å². The van der Waals surface area contributed by atoms with Crippen molar-refractivity contribution in [3.8, 4) is 11.5 Å². The highest BCUT2D eigenvalue weighted by Crippen LogP contribution is 2.34. The number of hydrogen-bond donors (Lipinski definition) is 1. The summed E-state index contributed by atoms with van der Waals surface area (Å²) in [5, 5.41) is 2.82. The number of benzene rings is 2. The molecule has 3 heterocycles. The summed E-state index contributed by atoms with van der Waals surface area (Å²) >= 11 is 0. The largest absolute Gasteiger partial charge is 0.454 e. The lowest BCUT2D eigenvalue weighted by Gasteiger charge is -2.28. The average Bonchev–Trinajstić information content (AvgIpc) is 3.25. The van der Waals surface area contributed by atoms with E-state index in [4.69, 9.17) is 9.47 Å². The van der Waals surface area contributed by atoms with Crippen LogP contribution in [0.25, 0.3) is 0 Å². The third-order valence-electron chi connectivity index (χ3n) is 5.80. The lowest BCUT2D eigenvalue weighted by Crippen LogP contribution is -2.39. The summed E-state index contributed by atoms with van der Waals surface area (Å²) in [5.41, 5.74) is 3.21. The molecule has 0 radical (unpaired) electrons. The molecule has 0 fully saturated rings. The Hall–Kier alpha value is -3.65. The molecule has 8 nitrogen and oxygen atoms in total. The molecule has 0 unspecified atom stereocenters. The van der Waals surface area contributed by atoms with E-state index >= 15 is 0 Å². The number of hydrogen-bond acceptors (Lipinski definition) is 6. The van der Waals surface area contributed by atoms with E-state index in [1.807, 2.05) is 18.2 Å². The van der Waals surface area contributed by atoms with Crippen molar-refractivity contribution in [2.24, 2.45) is 0 Å². The number of nitrogens with zero attached hydrogens (tertiary/aromatic N) is 3. The number of fused-ring (bicyclic) bond motifs is 2. The summed E-state index contributed by atoms with van der Waals surface area (Å²) in [5.74, 6) is 1.48. The van der Waals surface area contributed by atoms with E-state index in [2.05, 4.69) is 27.3 Å². The quantitative estimate of drug-likeness (QED) is 0.667. The van der Waals surface area contributed by atoms with Crippen molar-refractivity contribution in [2.75, 3.05) is 18.7 Å². The minimum atomic E-state index is -0.294. The van der Waals surface area contributed by atoms with Gasteiger partial charge in [0.15, 0.2) is 11.5 Å². The molecule has 0 atom stereocenters. The van der Waals surface area contributed by atoms with Crippen molar-refractivity contribution < 1.29 is 14.3 Å². The first-order valence-corrected chi connectivity index (χ1v) is 10.6. The molecular formula is C24H24N4O4. The standard InChI is InChI=1S/C24H24N4O4/c1-16-25-20-13-27(12-17-5-3-2-4-6-17)10-9-19(20)24(30)28(16)14-23(29)26-18-7-8-21-22(11-18)32-15-31-21/h2-8,11H,9-10,12-15H2,1H3,(H,26,29). The van der Waals surface area contributed by atoms with Gasteiger partial charge in [-0.1, -0.05) is 30.3 Å². The van der Waals surface area contributed by atoms with E-state index in [1.165, 1.54) is 10.1 Å². The van der Waals surface area contributed by atoms with Crippen molar-refractivity contribution >= 4 is 11.6 Å². The van der Waals surface area contributed by atoms with Crippen LogP contribution in [-0.4, -0.2) is 33.7 Å². The van der Waals surface area contributed by atoms with Gasteiger partial charge in [-0.15, -0.1) is 0 Å². The predicted molar refractivity (Wildman–Crippen MR) is 119 cm³/mol. The van der Waals surface area contributed by atoms with E-state index in [-0.39, 0.29) is 24.8 Å². The van der Waals surface area contributed by atoms with Crippen LogP contribution in [0.2, 0.25) is 0 Å². The average molecular weight is 432 g/mol. The highest BCUT2D eigenvalue weighted by molar-refractivity contribution is 5.91. The van der Waals surface area contributed by atoms with Crippen LogP contribution in [0, 0.1) is 6.92 Å². The lowest BCUT2D eigenvalue weighted by molar-refractivity contribution is -0.116. The third kappa shape index (κ3) is 4.09. The second-order valence-electron chi connectivity index (χ2n) is 8.04. The molecule has 1 amide bonds. The zero-order valence-corrected chi connectivity index (χ0v) is 17.8. The van der Waals surface area contributed by atoms with E-state index < -0.39 is 0 Å². The Morgan fingerprint density at radius 2 is 1.94 bits per heavy atom. The summed E-state index contributed by atoms with van der Waals surface area (Å²) in [6.45, 7) is 4.08. The first-order chi connectivity index (χ1) is 15.6. The molecular weight excluding hydrogens is 408 g/mol. The highest BCUT2D eigenvalue weighted by Gasteiger charge is 2.23. The van der Waals surface area contributed by atoms with Gasteiger partial charge in [0.25, 0.3) is 5.56 Å². The Bertz CT molecular complexity index is 1220. The molecule has 3 aromatic rings. The fourth-order valence-electron chi connectivity index (χ4n) is 4.18. The number of carbonyl (C=O) groups excluding carboxylic acids is 1. The molecule has 8 heteroatoms. The maximum Gasteiger partial charge on any atom is 0.257 e. The monoisotopic (exact) mass is 432 g/mol. The van der Waals surface area contributed by atoms with Crippen molar-refractivity contribution in [1.29, 1.82) is 0 Å². The van der Waals surface area contributed by atoms with Crippen LogP contribution in [0.3, 0.4) is 0 Å². The zero-order valence-electron chi connectivity index (χ0n) is 17.8. The number of amides is 1. The van der Waals surface area contributed by atoms with Crippen molar-refractivity contribution in [2.45, 2.75) is 33.0 Å². The summed E-state index contributed by atoms with van der Waals surface area (Å²) in [6, 6.07) is 15.5. The molecule has 2 aliphatic rings. The first kappa shape index (κ1) is 20.3. The van der Waals surface area contributed by atoms with Crippen LogP contribution in [0.4, 0.5) is 5.69 Å². The molecule has 0 bridgehead atoms. The minimum absolute atomic E-state index is 0.0902. The van der Waals surface area contributed by atoms with Crippen LogP contribution in [-0.2, 0) is 30.8 Å². The second kappa shape index (κ2) is 8.47. The van der Waals surface area contributed by atoms with Crippen molar-refractivity contribution in [1.82, 2.24) is 14.5 Å². The van der Waals surface area contributed by atoms with Gasteiger partial charge < -0.3 is 14.8 Å². The smallest absolute Gasteiger partial charge is 0.257 e. The van der Waals surface area contributed by atoms with E-state index in [0.29, 0.717) is 41.5 Å². The zero-order chi connectivity index (χ0) is 22.1. The van der Waals surface area contributed by atoms with Crippen LogP contribution < -0.4 is 20.3 Å². The van der Waals surface area contributed by atoms with Gasteiger partial charge in [-0.2, -0.15) is 0 Å².